The van der Waals surface area contributed by atoms with Crippen LogP contribution in [0.1, 0.15) is 44.2 Å². The Bertz CT molecular complexity index is 1530. The molecule has 4 heterocycles. The fraction of sp³-hybridized carbons (Fsp3) is 0.529. The van der Waals surface area contributed by atoms with Crippen LogP contribution >= 0.6 is 0 Å². The summed E-state index contributed by atoms with van der Waals surface area (Å²) in [6.45, 7) is 5.30. The first kappa shape index (κ1) is 29.0. The first-order valence-electron chi connectivity index (χ1n) is 15.6. The number of methoxy groups -OCH3 is 1. The normalized spacial score (nSPS) is 32.6. The number of nitrogens with zero attached hydrogens (tertiary/aromatic N) is 2. The van der Waals surface area contributed by atoms with Crippen LogP contribution in [0.3, 0.4) is 0 Å². The third-order valence-electron chi connectivity index (χ3n) is 10.9. The number of benzene rings is 2. The maximum atomic E-state index is 13.4. The van der Waals surface area contributed by atoms with Crippen molar-refractivity contribution in [3.05, 3.63) is 59.7 Å². The second-order valence-electron chi connectivity index (χ2n) is 12.9. The molecule has 1 amide bonds. The van der Waals surface area contributed by atoms with Gasteiger partial charge in [0.2, 0.25) is 12.7 Å². The number of aliphatic hydroxyl groups is 1. The fourth-order valence-electron chi connectivity index (χ4n) is 9.33. The minimum absolute atomic E-state index is 0.00145. The molecule has 1 unspecified atom stereocenters. The molecule has 10 nitrogen and oxygen atoms in total. The monoisotopic (exact) mass is 603 g/mol. The molecule has 0 aromatic heterocycles. The Morgan fingerprint density at radius 3 is 2.73 bits per heavy atom. The summed E-state index contributed by atoms with van der Waals surface area (Å²) in [5, 5.41) is 16.2. The van der Waals surface area contributed by atoms with Gasteiger partial charge in [0.25, 0.3) is 0 Å². The van der Waals surface area contributed by atoms with Gasteiger partial charge < -0.3 is 34.3 Å². The standard InChI is InChI=1S/C34H41N3O7/c1-5-32-13-6-15-37-16-14-33(29(32)37)24-10-9-23(41-4)18-25(24)36(3)30(33)34(40,31(32)44-21(2)38)19-35-28(39)12-8-22-7-11-26-27(17-22)43-20-42-26/h6-7,9-11,13,17-18,29-31,40H,5,8,12,14-16,19-20H2,1-4H3,(H,35,39)/t29-,30+,31+,32+,33+,34?/m0/s1. The number of rotatable bonds is 8. The number of ether oxygens (including phenoxy) is 4. The molecule has 1 aliphatic carbocycles. The van der Waals surface area contributed by atoms with Crippen molar-refractivity contribution < 1.29 is 33.6 Å². The summed E-state index contributed by atoms with van der Waals surface area (Å²) < 4.78 is 22.7. The quantitative estimate of drug-likeness (QED) is 0.348. The SMILES string of the molecule is CC[C@]12C=CCN3CC[C@@]4(c5ccc(OC)cc5N(C)[C@H]4C(O)(CNC(=O)CCc4ccc5c(c4)OCO5)[C@@H]1OC(C)=O)[C@@H]32. The lowest BCUT2D eigenvalue weighted by atomic mass is 9.47. The van der Waals surface area contributed by atoms with Crippen LogP contribution in [0.4, 0.5) is 5.69 Å². The van der Waals surface area contributed by atoms with Crippen molar-refractivity contribution in [2.45, 2.75) is 68.7 Å². The van der Waals surface area contributed by atoms with E-state index in [2.05, 4.69) is 40.3 Å². The minimum atomic E-state index is -1.61. The Morgan fingerprint density at radius 1 is 1.14 bits per heavy atom. The van der Waals surface area contributed by atoms with E-state index in [0.717, 1.165) is 36.5 Å². The minimum Gasteiger partial charge on any atom is -0.497 e. The molecule has 44 heavy (non-hydrogen) atoms. The number of fused-ring (bicyclic) bond motifs is 2. The molecule has 1 saturated carbocycles. The third-order valence-corrected chi connectivity index (χ3v) is 10.9. The van der Waals surface area contributed by atoms with Gasteiger partial charge in [0.05, 0.1) is 19.7 Å². The highest BCUT2D eigenvalue weighted by Gasteiger charge is 2.77. The summed E-state index contributed by atoms with van der Waals surface area (Å²) >= 11 is 0. The highest BCUT2D eigenvalue weighted by Crippen LogP contribution is 2.67. The first-order valence-corrected chi connectivity index (χ1v) is 15.6. The second kappa shape index (κ2) is 10.4. The zero-order valence-electron chi connectivity index (χ0n) is 25.8. The molecule has 4 aliphatic heterocycles. The average Bonchev–Trinajstić information content (AvgIpc) is 3.72. The van der Waals surface area contributed by atoms with Crippen LogP contribution in [-0.2, 0) is 26.2 Å². The number of likely N-dealkylation sites (N-methyl/N-ethyl adjacent to an activating group) is 1. The number of carbonyl (C=O) groups excluding carboxylic acids is 2. The summed E-state index contributed by atoms with van der Waals surface area (Å²) in [7, 11) is 3.65. The number of hydrogen-bond acceptors (Lipinski definition) is 9. The lowest BCUT2D eigenvalue weighted by molar-refractivity contribution is -0.217. The molecule has 2 fully saturated rings. The van der Waals surface area contributed by atoms with Gasteiger partial charge in [0.15, 0.2) is 11.5 Å². The number of anilines is 1. The lowest BCUT2D eigenvalue weighted by Gasteiger charge is -2.64. The summed E-state index contributed by atoms with van der Waals surface area (Å²) in [5.41, 5.74) is 0.395. The van der Waals surface area contributed by atoms with E-state index in [0.29, 0.717) is 24.3 Å². The van der Waals surface area contributed by atoms with Crippen LogP contribution in [0.15, 0.2) is 48.6 Å². The predicted molar refractivity (Wildman–Crippen MR) is 163 cm³/mol. The van der Waals surface area contributed by atoms with Crippen LogP contribution in [-0.4, -0.2) is 86.3 Å². The van der Waals surface area contributed by atoms with Gasteiger partial charge in [-0.25, -0.2) is 0 Å². The third kappa shape index (κ3) is 3.99. The molecule has 0 radical (unpaired) electrons. The molecule has 234 valence electrons. The molecular weight excluding hydrogens is 562 g/mol. The Morgan fingerprint density at radius 2 is 1.95 bits per heavy atom. The zero-order chi connectivity index (χ0) is 30.9. The van der Waals surface area contributed by atoms with Gasteiger partial charge in [-0.1, -0.05) is 31.2 Å². The van der Waals surface area contributed by atoms with Crippen molar-refractivity contribution in [2.75, 3.05) is 45.5 Å². The highest BCUT2D eigenvalue weighted by atomic mass is 16.7. The number of nitrogens with one attached hydrogen (secondary N) is 1. The van der Waals surface area contributed by atoms with E-state index in [1.54, 1.807) is 7.11 Å². The Balaban J connectivity index is 1.26. The van der Waals surface area contributed by atoms with E-state index < -0.39 is 34.5 Å². The predicted octanol–water partition coefficient (Wildman–Crippen LogP) is 2.95. The van der Waals surface area contributed by atoms with E-state index in [-0.39, 0.29) is 31.7 Å². The number of hydrogen-bond donors (Lipinski definition) is 2. The molecule has 1 spiro atoms. The van der Waals surface area contributed by atoms with Crippen LogP contribution in [0, 0.1) is 5.41 Å². The molecule has 10 heteroatoms. The maximum absolute atomic E-state index is 13.4. The summed E-state index contributed by atoms with van der Waals surface area (Å²) in [6, 6.07) is 11.4. The second-order valence-corrected chi connectivity index (χ2v) is 12.9. The van der Waals surface area contributed by atoms with E-state index in [1.807, 2.05) is 37.4 Å². The molecule has 0 bridgehead atoms. The topological polar surface area (TPSA) is 110 Å². The van der Waals surface area contributed by atoms with Crippen molar-refractivity contribution >= 4 is 17.6 Å². The van der Waals surface area contributed by atoms with Gasteiger partial charge in [-0.15, -0.1) is 0 Å². The summed E-state index contributed by atoms with van der Waals surface area (Å²) in [5.74, 6) is 1.48. The van der Waals surface area contributed by atoms with Gasteiger partial charge in [-0.3, -0.25) is 14.5 Å². The van der Waals surface area contributed by atoms with Crippen molar-refractivity contribution in [3.8, 4) is 17.2 Å². The van der Waals surface area contributed by atoms with E-state index >= 15 is 0 Å². The zero-order valence-corrected chi connectivity index (χ0v) is 25.8. The number of carbonyl (C=O) groups is 2. The van der Waals surface area contributed by atoms with E-state index in [9.17, 15) is 14.7 Å². The number of aryl methyl sites for hydroxylation is 1. The van der Waals surface area contributed by atoms with E-state index in [4.69, 9.17) is 18.9 Å². The number of esters is 1. The number of amides is 1. The molecule has 1 saturated heterocycles. The molecule has 2 aromatic carbocycles. The molecule has 6 atom stereocenters. The molecule has 5 aliphatic rings. The average molecular weight is 604 g/mol. The Kier molecular flexibility index (Phi) is 6.86. The molecular formula is C34H41N3O7. The summed E-state index contributed by atoms with van der Waals surface area (Å²) in [4.78, 5) is 30.8. The largest absolute Gasteiger partial charge is 0.497 e. The van der Waals surface area contributed by atoms with Crippen molar-refractivity contribution in [1.29, 1.82) is 0 Å². The smallest absolute Gasteiger partial charge is 0.303 e. The highest BCUT2D eigenvalue weighted by molar-refractivity contribution is 5.77. The van der Waals surface area contributed by atoms with Gasteiger partial charge in [0, 0.05) is 55.6 Å². The Hall–Kier alpha value is -3.76. The van der Waals surface area contributed by atoms with Crippen molar-refractivity contribution in [3.63, 3.8) is 0 Å². The van der Waals surface area contributed by atoms with Crippen molar-refractivity contribution in [1.82, 2.24) is 10.2 Å². The van der Waals surface area contributed by atoms with Crippen molar-refractivity contribution in [2.24, 2.45) is 5.41 Å². The fourth-order valence-corrected chi connectivity index (χ4v) is 9.33. The molecule has 2 aromatic rings. The van der Waals surface area contributed by atoms with Crippen LogP contribution in [0.2, 0.25) is 0 Å². The van der Waals surface area contributed by atoms with E-state index in [1.165, 1.54) is 12.5 Å². The van der Waals surface area contributed by atoms with Crippen LogP contribution in [0.25, 0.3) is 0 Å². The van der Waals surface area contributed by atoms with Crippen LogP contribution < -0.4 is 24.4 Å². The van der Waals surface area contributed by atoms with Gasteiger partial charge in [-0.2, -0.15) is 0 Å². The maximum Gasteiger partial charge on any atom is 0.303 e. The van der Waals surface area contributed by atoms with Gasteiger partial charge >= 0.3 is 5.97 Å². The molecule has 2 N–H and O–H groups in total. The van der Waals surface area contributed by atoms with Gasteiger partial charge in [-0.05, 0) is 55.1 Å². The summed E-state index contributed by atoms with van der Waals surface area (Å²) in [6.07, 6.45) is 5.67. The van der Waals surface area contributed by atoms with Gasteiger partial charge in [0.1, 0.15) is 17.5 Å². The van der Waals surface area contributed by atoms with Crippen LogP contribution in [0.5, 0.6) is 17.2 Å². The Labute approximate surface area is 257 Å². The first-order chi connectivity index (χ1) is 21.2. The lowest BCUT2D eigenvalue weighted by Crippen LogP contribution is -2.81. The molecule has 7 rings (SSSR count).